The van der Waals surface area contributed by atoms with Gasteiger partial charge in [0.2, 0.25) is 0 Å². The Hall–Kier alpha value is 0.579. The molecule has 0 bridgehead atoms. The summed E-state index contributed by atoms with van der Waals surface area (Å²) in [5, 5.41) is 0. The van der Waals surface area contributed by atoms with E-state index >= 15 is 0 Å². The van der Waals surface area contributed by atoms with Gasteiger partial charge in [0.05, 0.1) is 0 Å². The van der Waals surface area contributed by atoms with Crippen molar-refractivity contribution in [3.05, 3.63) is 11.2 Å². The summed E-state index contributed by atoms with van der Waals surface area (Å²) in [6.45, 7) is 0. The van der Waals surface area contributed by atoms with Crippen LogP contribution in [0.15, 0.2) is 11.2 Å². The van der Waals surface area contributed by atoms with Gasteiger partial charge in [-0.2, -0.15) is 0 Å². The van der Waals surface area contributed by atoms with Gasteiger partial charge in [0.1, 0.15) is 0 Å². The minimum absolute atomic E-state index is 0.771. The van der Waals surface area contributed by atoms with Gasteiger partial charge in [0, 0.05) is 0 Å². The molecule has 0 radical (unpaired) electrons. The van der Waals surface area contributed by atoms with Crippen molar-refractivity contribution in [3.8, 4) is 0 Å². The van der Waals surface area contributed by atoms with Crippen molar-refractivity contribution in [2.24, 2.45) is 0 Å². The summed E-state index contributed by atoms with van der Waals surface area (Å²) >= 11 is 1.61. The van der Waals surface area contributed by atoms with Crippen LogP contribution in [0.2, 0.25) is 0 Å². The van der Waals surface area contributed by atoms with Crippen LogP contribution in [-0.2, 0) is 0 Å². The molecule has 3 heteroatoms. The monoisotopic (exact) mass is 201 g/mol. The average Bonchev–Trinajstić information content (AvgIpc) is 1.76. The molecule has 0 unspecified atom stereocenters. The molecule has 1 aliphatic heterocycles. The van der Waals surface area contributed by atoms with Gasteiger partial charge in [0.15, 0.2) is 0 Å². The Morgan fingerprint density at radius 3 is 2.80 bits per heavy atom. The van der Waals surface area contributed by atoms with Crippen molar-refractivity contribution >= 4 is 26.5 Å². The number of rotatable bonds is 0. The van der Waals surface area contributed by atoms with Crippen LogP contribution in [0.1, 0.15) is 0 Å². The third-order valence-corrected chi connectivity index (χ3v) is 4.81. The van der Waals surface area contributed by atoms with E-state index in [2.05, 4.69) is 9.31 Å². The van der Waals surface area contributed by atoms with E-state index < -0.39 is 0 Å². The zero-order valence-corrected chi connectivity index (χ0v) is 5.90. The van der Waals surface area contributed by atoms with Gasteiger partial charge < -0.3 is 0 Å². The Bertz CT molecular complexity index is 45.6. The van der Waals surface area contributed by atoms with Crippen LogP contribution in [0, 0.1) is 0 Å². The van der Waals surface area contributed by atoms with Gasteiger partial charge in [-0.25, -0.2) is 0 Å². The van der Waals surface area contributed by atoms with Crippen LogP contribution in [0.3, 0.4) is 0 Å². The molecule has 1 N–H and O–H groups in total. The number of hydrogen-bond donors (Lipinski definition) is 1. The standard InChI is InChI=1S/C2H3NSe2/c1-2-4-5-3-1/h1-3H. The van der Waals surface area contributed by atoms with E-state index in [0.29, 0.717) is 0 Å². The number of nitrogens with one attached hydrogen (secondary N) is 1. The van der Waals surface area contributed by atoms with Gasteiger partial charge in [-0.1, -0.05) is 0 Å². The molecule has 0 atom stereocenters. The van der Waals surface area contributed by atoms with Crippen LogP contribution in [0.5, 0.6) is 0 Å². The van der Waals surface area contributed by atoms with E-state index in [4.69, 9.17) is 0 Å². The molecule has 0 saturated carbocycles. The van der Waals surface area contributed by atoms with Gasteiger partial charge in [-0.3, -0.25) is 0 Å². The summed E-state index contributed by atoms with van der Waals surface area (Å²) < 4.78 is 3.13. The van der Waals surface area contributed by atoms with Crippen molar-refractivity contribution < 1.29 is 0 Å². The first-order valence-corrected chi connectivity index (χ1v) is 7.41. The fourth-order valence-electron chi connectivity index (χ4n) is 0.139. The third kappa shape index (κ3) is 0.978. The molecule has 28 valence electrons. The predicted molar refractivity (Wildman–Crippen MR) is 23.8 cm³/mol. The Morgan fingerprint density at radius 2 is 2.60 bits per heavy atom. The van der Waals surface area contributed by atoms with Gasteiger partial charge >= 0.3 is 42.0 Å². The van der Waals surface area contributed by atoms with E-state index in [1.54, 1.807) is 0 Å². The summed E-state index contributed by atoms with van der Waals surface area (Å²) in [6.07, 6.45) is 2.04. The Labute approximate surface area is 42.3 Å². The second-order valence-electron chi connectivity index (χ2n) is 0.600. The van der Waals surface area contributed by atoms with E-state index in [-0.39, 0.29) is 0 Å². The average molecular weight is 199 g/mol. The number of hydrogen-bond acceptors (Lipinski definition) is 1. The Kier molecular flexibility index (Phi) is 1.42. The van der Waals surface area contributed by atoms with Crippen molar-refractivity contribution in [1.82, 2.24) is 4.33 Å². The molecule has 1 aliphatic rings. The molecule has 5 heavy (non-hydrogen) atoms. The molecule has 0 saturated heterocycles. The molecule has 1 nitrogen and oxygen atoms in total. The maximum atomic E-state index is 3.13. The van der Waals surface area contributed by atoms with E-state index in [1.807, 2.05) is 6.20 Å². The van der Waals surface area contributed by atoms with Gasteiger partial charge in [-0.15, -0.1) is 0 Å². The van der Waals surface area contributed by atoms with Gasteiger partial charge in [0.25, 0.3) is 0 Å². The molecular weight excluding hydrogens is 196 g/mol. The molecule has 0 fully saturated rings. The van der Waals surface area contributed by atoms with Crippen molar-refractivity contribution in [1.29, 1.82) is 0 Å². The zero-order chi connectivity index (χ0) is 3.54. The van der Waals surface area contributed by atoms with Crippen molar-refractivity contribution in [3.63, 3.8) is 0 Å². The molecule has 1 heterocycles. The summed E-state index contributed by atoms with van der Waals surface area (Å²) in [4.78, 5) is 2.22. The Morgan fingerprint density at radius 1 is 1.60 bits per heavy atom. The van der Waals surface area contributed by atoms with Crippen LogP contribution in [0.4, 0.5) is 0 Å². The van der Waals surface area contributed by atoms with E-state index in [0.717, 1.165) is 26.5 Å². The van der Waals surface area contributed by atoms with E-state index in [9.17, 15) is 0 Å². The molecule has 0 amide bonds. The normalized spacial score (nSPS) is 19.2. The fraction of sp³-hybridized carbons (Fsp3) is 0. The summed E-state index contributed by atoms with van der Waals surface area (Å²) in [5.74, 6) is 0. The molecule has 0 aromatic carbocycles. The fourth-order valence-corrected chi connectivity index (χ4v) is 3.75. The summed E-state index contributed by atoms with van der Waals surface area (Å²) in [7, 11) is 0. The van der Waals surface area contributed by atoms with Crippen molar-refractivity contribution in [2.45, 2.75) is 0 Å². The summed E-state index contributed by atoms with van der Waals surface area (Å²) in [5.41, 5.74) is 0. The molecule has 0 aromatic heterocycles. The van der Waals surface area contributed by atoms with Crippen molar-refractivity contribution in [2.75, 3.05) is 0 Å². The predicted octanol–water partition coefficient (Wildman–Crippen LogP) is -0.701. The van der Waals surface area contributed by atoms with Crippen LogP contribution >= 0.6 is 0 Å². The summed E-state index contributed by atoms with van der Waals surface area (Å²) in [6, 6.07) is 0. The topological polar surface area (TPSA) is 12.0 Å². The van der Waals surface area contributed by atoms with Crippen LogP contribution < -0.4 is 4.33 Å². The quantitative estimate of drug-likeness (QED) is 0.508. The Balaban J connectivity index is 2.32. The van der Waals surface area contributed by atoms with Crippen LogP contribution in [-0.4, -0.2) is 26.5 Å². The molecule has 0 spiro atoms. The molecule has 1 rings (SSSR count). The minimum atomic E-state index is 0.771. The SMILES string of the molecule is C1=C[Se][Se]N1. The van der Waals surface area contributed by atoms with Crippen LogP contribution in [0.25, 0.3) is 0 Å². The van der Waals surface area contributed by atoms with E-state index in [1.165, 1.54) is 0 Å². The molecular formula is C2H3NSe2. The second kappa shape index (κ2) is 1.88. The molecule has 0 aliphatic carbocycles. The molecule has 0 aromatic rings. The second-order valence-corrected chi connectivity index (χ2v) is 6.33. The van der Waals surface area contributed by atoms with Gasteiger partial charge in [-0.05, 0) is 0 Å². The zero-order valence-electron chi connectivity index (χ0n) is 2.47. The first-order valence-electron chi connectivity index (χ1n) is 1.23. The third-order valence-electron chi connectivity index (χ3n) is 0.288. The first-order chi connectivity index (χ1) is 2.50. The first kappa shape index (κ1) is 3.76. The maximum absolute atomic E-state index is 3.13.